The Balaban J connectivity index is 2.19. The standard InChI is InChI=1S/C19H24N2O4S/c1-14(2)18(15-8-6-5-7-9-15)20-19(22)16-10-12-17(13-11-16)26(23,24)21(3)25-4/h5-14,18H,1-4H3,(H,20,22). The smallest absolute Gasteiger partial charge is 0.264 e. The zero-order valence-corrected chi connectivity index (χ0v) is 16.2. The van der Waals surface area contributed by atoms with Crippen LogP contribution in [0.5, 0.6) is 0 Å². The molecule has 0 spiro atoms. The topological polar surface area (TPSA) is 75.7 Å². The molecule has 2 aromatic carbocycles. The van der Waals surface area contributed by atoms with Crippen LogP contribution >= 0.6 is 0 Å². The molecule has 26 heavy (non-hydrogen) atoms. The van der Waals surface area contributed by atoms with Crippen molar-refractivity contribution in [2.45, 2.75) is 24.8 Å². The van der Waals surface area contributed by atoms with E-state index in [0.29, 0.717) is 5.56 Å². The molecule has 7 heteroatoms. The molecule has 0 aromatic heterocycles. The van der Waals surface area contributed by atoms with Crippen molar-refractivity contribution in [2.24, 2.45) is 5.92 Å². The first-order chi connectivity index (χ1) is 12.3. The Morgan fingerprint density at radius 3 is 2.12 bits per heavy atom. The summed E-state index contributed by atoms with van der Waals surface area (Å²) in [5, 5.41) is 3.02. The van der Waals surface area contributed by atoms with Gasteiger partial charge in [0.25, 0.3) is 15.9 Å². The molecule has 0 saturated heterocycles. The Bertz CT molecular complexity index is 834. The molecular formula is C19H24N2O4S. The van der Waals surface area contributed by atoms with E-state index in [2.05, 4.69) is 5.32 Å². The number of benzene rings is 2. The summed E-state index contributed by atoms with van der Waals surface area (Å²) in [6.07, 6.45) is 0. The predicted octanol–water partition coefficient (Wildman–Crippen LogP) is 3.00. The van der Waals surface area contributed by atoms with Crippen LogP contribution in [-0.4, -0.2) is 33.0 Å². The normalized spacial score (nSPS) is 13.0. The van der Waals surface area contributed by atoms with E-state index >= 15 is 0 Å². The minimum atomic E-state index is -3.73. The molecule has 0 aliphatic rings. The van der Waals surface area contributed by atoms with Gasteiger partial charge in [0.05, 0.1) is 18.0 Å². The summed E-state index contributed by atoms with van der Waals surface area (Å²) in [6.45, 7) is 4.07. The quantitative estimate of drug-likeness (QED) is 0.754. The molecule has 0 fully saturated rings. The highest BCUT2D eigenvalue weighted by atomic mass is 32.2. The highest BCUT2D eigenvalue weighted by Gasteiger charge is 2.22. The van der Waals surface area contributed by atoms with Crippen LogP contribution in [0, 0.1) is 5.92 Å². The van der Waals surface area contributed by atoms with Crippen molar-refractivity contribution >= 4 is 15.9 Å². The van der Waals surface area contributed by atoms with Crippen LogP contribution in [0.3, 0.4) is 0 Å². The molecule has 140 valence electrons. The van der Waals surface area contributed by atoms with Gasteiger partial charge in [0.2, 0.25) is 0 Å². The molecule has 1 N–H and O–H groups in total. The molecule has 0 saturated carbocycles. The Labute approximate surface area is 154 Å². The maximum atomic E-state index is 12.6. The molecule has 2 aromatic rings. The number of hydrogen-bond donors (Lipinski definition) is 1. The second kappa shape index (κ2) is 8.44. The lowest BCUT2D eigenvalue weighted by atomic mass is 9.95. The van der Waals surface area contributed by atoms with E-state index in [4.69, 9.17) is 4.84 Å². The zero-order valence-electron chi connectivity index (χ0n) is 15.3. The van der Waals surface area contributed by atoms with Crippen LogP contribution in [0.2, 0.25) is 0 Å². The Morgan fingerprint density at radius 1 is 1.04 bits per heavy atom. The molecule has 1 amide bonds. The summed E-state index contributed by atoms with van der Waals surface area (Å²) in [7, 11) is -1.15. The van der Waals surface area contributed by atoms with Gasteiger partial charge in [-0.3, -0.25) is 9.63 Å². The third-order valence-electron chi connectivity index (χ3n) is 4.12. The van der Waals surface area contributed by atoms with Gasteiger partial charge in [-0.05, 0) is 35.7 Å². The van der Waals surface area contributed by atoms with E-state index in [0.717, 1.165) is 10.0 Å². The molecule has 0 aliphatic carbocycles. The lowest BCUT2D eigenvalue weighted by molar-refractivity contribution is -0.0258. The second-order valence-electron chi connectivity index (χ2n) is 6.23. The number of amides is 1. The number of hydrogen-bond acceptors (Lipinski definition) is 4. The van der Waals surface area contributed by atoms with E-state index in [1.807, 2.05) is 44.2 Å². The van der Waals surface area contributed by atoms with Gasteiger partial charge in [0, 0.05) is 12.6 Å². The summed E-state index contributed by atoms with van der Waals surface area (Å²) in [4.78, 5) is 17.4. The van der Waals surface area contributed by atoms with E-state index in [1.54, 1.807) is 0 Å². The predicted molar refractivity (Wildman–Crippen MR) is 99.9 cm³/mol. The van der Waals surface area contributed by atoms with E-state index in [-0.39, 0.29) is 22.8 Å². The van der Waals surface area contributed by atoms with Crippen molar-refractivity contribution in [3.63, 3.8) is 0 Å². The fourth-order valence-corrected chi connectivity index (χ4v) is 3.52. The number of nitrogens with one attached hydrogen (secondary N) is 1. The van der Waals surface area contributed by atoms with Gasteiger partial charge in [-0.25, -0.2) is 8.42 Å². The summed E-state index contributed by atoms with van der Waals surface area (Å²) < 4.78 is 25.2. The Hall–Kier alpha value is -2.22. The highest BCUT2D eigenvalue weighted by Crippen LogP contribution is 2.22. The number of nitrogens with zero attached hydrogens (tertiary/aromatic N) is 1. The summed E-state index contributed by atoms with van der Waals surface area (Å²) in [5.74, 6) is -0.0482. The lowest BCUT2D eigenvalue weighted by Crippen LogP contribution is -2.31. The maximum Gasteiger partial charge on any atom is 0.264 e. The Morgan fingerprint density at radius 2 is 1.62 bits per heavy atom. The van der Waals surface area contributed by atoms with Crippen molar-refractivity contribution in [2.75, 3.05) is 14.2 Å². The van der Waals surface area contributed by atoms with Crippen LogP contribution in [0.4, 0.5) is 0 Å². The molecule has 0 aliphatic heterocycles. The van der Waals surface area contributed by atoms with Gasteiger partial charge < -0.3 is 5.32 Å². The van der Waals surface area contributed by atoms with Crippen LogP contribution in [-0.2, 0) is 14.9 Å². The molecule has 1 atom stereocenters. The monoisotopic (exact) mass is 376 g/mol. The molecule has 0 radical (unpaired) electrons. The van der Waals surface area contributed by atoms with Crippen molar-refractivity contribution in [1.82, 2.24) is 9.79 Å². The molecule has 1 unspecified atom stereocenters. The number of sulfonamides is 1. The van der Waals surface area contributed by atoms with E-state index in [1.165, 1.54) is 38.4 Å². The highest BCUT2D eigenvalue weighted by molar-refractivity contribution is 7.89. The number of rotatable bonds is 7. The van der Waals surface area contributed by atoms with Gasteiger partial charge in [-0.1, -0.05) is 48.6 Å². The van der Waals surface area contributed by atoms with Crippen molar-refractivity contribution < 1.29 is 18.0 Å². The summed E-state index contributed by atoms with van der Waals surface area (Å²) in [6, 6.07) is 15.4. The van der Waals surface area contributed by atoms with Crippen LogP contribution in [0.15, 0.2) is 59.5 Å². The van der Waals surface area contributed by atoms with Gasteiger partial charge >= 0.3 is 0 Å². The van der Waals surface area contributed by atoms with Crippen LogP contribution in [0.25, 0.3) is 0 Å². The first kappa shape index (κ1) is 20.1. The fraction of sp³-hybridized carbons (Fsp3) is 0.316. The Kier molecular flexibility index (Phi) is 6.52. The lowest BCUT2D eigenvalue weighted by Gasteiger charge is -2.23. The van der Waals surface area contributed by atoms with E-state index in [9.17, 15) is 13.2 Å². The zero-order chi connectivity index (χ0) is 19.3. The SMILES string of the molecule is CON(C)S(=O)(=O)c1ccc(C(=O)NC(c2ccccc2)C(C)C)cc1. The average Bonchev–Trinajstić information content (AvgIpc) is 2.65. The first-order valence-corrected chi connectivity index (χ1v) is 9.70. The van der Waals surface area contributed by atoms with Crippen LogP contribution < -0.4 is 5.32 Å². The third-order valence-corrected chi connectivity index (χ3v) is 5.82. The van der Waals surface area contributed by atoms with Crippen molar-refractivity contribution in [1.29, 1.82) is 0 Å². The van der Waals surface area contributed by atoms with Crippen LogP contribution in [0.1, 0.15) is 35.8 Å². The minimum absolute atomic E-state index is 0.0573. The molecule has 0 heterocycles. The molecule has 2 rings (SSSR count). The molecule has 0 bridgehead atoms. The van der Waals surface area contributed by atoms with Gasteiger partial charge in [0.15, 0.2) is 0 Å². The van der Waals surface area contributed by atoms with Crippen molar-refractivity contribution in [3.8, 4) is 0 Å². The molecular weight excluding hydrogens is 352 g/mol. The van der Waals surface area contributed by atoms with Gasteiger partial charge in [-0.15, -0.1) is 0 Å². The van der Waals surface area contributed by atoms with Crippen molar-refractivity contribution in [3.05, 3.63) is 65.7 Å². The molecule has 6 nitrogen and oxygen atoms in total. The average molecular weight is 376 g/mol. The fourth-order valence-electron chi connectivity index (χ4n) is 2.54. The largest absolute Gasteiger partial charge is 0.345 e. The third kappa shape index (κ3) is 4.49. The second-order valence-corrected chi connectivity index (χ2v) is 8.16. The minimum Gasteiger partial charge on any atom is -0.345 e. The summed E-state index contributed by atoms with van der Waals surface area (Å²) >= 11 is 0. The maximum absolute atomic E-state index is 12.6. The first-order valence-electron chi connectivity index (χ1n) is 8.26. The number of carbonyl (C=O) groups excluding carboxylic acids is 1. The van der Waals surface area contributed by atoms with Gasteiger partial charge in [-0.2, -0.15) is 0 Å². The number of hydroxylamine groups is 1. The van der Waals surface area contributed by atoms with Gasteiger partial charge in [0.1, 0.15) is 0 Å². The summed E-state index contributed by atoms with van der Waals surface area (Å²) in [5.41, 5.74) is 1.42. The van der Waals surface area contributed by atoms with E-state index < -0.39 is 10.0 Å². The number of carbonyl (C=O) groups is 1.